The molecule has 0 radical (unpaired) electrons. The molecule has 2 N–H and O–H groups in total. The zero-order chi connectivity index (χ0) is 15.5. The predicted octanol–water partition coefficient (Wildman–Crippen LogP) is 0.821. The van der Waals surface area contributed by atoms with Crippen molar-refractivity contribution in [2.75, 3.05) is 7.05 Å². The van der Waals surface area contributed by atoms with Crippen LogP contribution < -0.4 is 10.0 Å². The molecule has 0 aliphatic rings. The summed E-state index contributed by atoms with van der Waals surface area (Å²) in [6.45, 7) is 1.99. The molecule has 0 aliphatic carbocycles. The van der Waals surface area contributed by atoms with Gasteiger partial charge in [0.2, 0.25) is 15.8 Å². The Labute approximate surface area is 122 Å². The van der Waals surface area contributed by atoms with Crippen LogP contribution in [-0.2, 0) is 16.6 Å². The normalized spacial score (nSPS) is 11.3. The van der Waals surface area contributed by atoms with E-state index in [1.165, 1.54) is 25.2 Å². The summed E-state index contributed by atoms with van der Waals surface area (Å²) in [5, 5.41) is 6.29. The number of hydrogen-bond donors (Lipinski definition) is 2. The summed E-state index contributed by atoms with van der Waals surface area (Å²) in [5.41, 5.74) is 1.40. The Hall–Kier alpha value is -2.19. The van der Waals surface area contributed by atoms with Crippen LogP contribution in [0.25, 0.3) is 0 Å². The van der Waals surface area contributed by atoms with Crippen molar-refractivity contribution in [3.05, 3.63) is 47.3 Å². The van der Waals surface area contributed by atoms with Crippen molar-refractivity contribution < 1.29 is 17.7 Å². The molecule has 21 heavy (non-hydrogen) atoms. The predicted molar refractivity (Wildman–Crippen MR) is 75.1 cm³/mol. The van der Waals surface area contributed by atoms with Crippen LogP contribution in [0.2, 0.25) is 0 Å². The Morgan fingerprint density at radius 1 is 1.29 bits per heavy atom. The van der Waals surface area contributed by atoms with Crippen LogP contribution >= 0.6 is 0 Å². The first-order valence-corrected chi connectivity index (χ1v) is 7.64. The quantitative estimate of drug-likeness (QED) is 0.851. The average molecular weight is 309 g/mol. The van der Waals surface area contributed by atoms with Gasteiger partial charge in [-0.3, -0.25) is 4.79 Å². The van der Waals surface area contributed by atoms with Crippen LogP contribution in [-0.4, -0.2) is 26.5 Å². The molecule has 0 atom stereocenters. The molecule has 0 saturated heterocycles. The van der Waals surface area contributed by atoms with Crippen LogP contribution in [0, 0.1) is 6.92 Å². The van der Waals surface area contributed by atoms with Crippen molar-refractivity contribution in [1.29, 1.82) is 0 Å². The Kier molecular flexibility index (Phi) is 4.39. The number of nitrogens with zero attached hydrogens (tertiary/aromatic N) is 1. The Morgan fingerprint density at radius 2 is 1.95 bits per heavy atom. The Balaban J connectivity index is 2.00. The van der Waals surface area contributed by atoms with Crippen LogP contribution in [0.15, 0.2) is 39.8 Å². The van der Waals surface area contributed by atoms with Crippen molar-refractivity contribution in [2.45, 2.75) is 18.4 Å². The van der Waals surface area contributed by atoms with Crippen LogP contribution in [0.1, 0.15) is 21.8 Å². The fourth-order valence-electron chi connectivity index (χ4n) is 1.64. The number of aryl methyl sites for hydroxylation is 1. The smallest absolute Gasteiger partial charge is 0.290 e. The summed E-state index contributed by atoms with van der Waals surface area (Å²) in [6, 6.07) is 7.77. The molecule has 1 aromatic heterocycles. The van der Waals surface area contributed by atoms with Gasteiger partial charge in [0.15, 0.2) is 0 Å². The molecular weight excluding hydrogens is 294 g/mol. The van der Waals surface area contributed by atoms with Gasteiger partial charge in [-0.15, -0.1) is 0 Å². The van der Waals surface area contributed by atoms with E-state index in [-0.39, 0.29) is 23.1 Å². The molecule has 2 rings (SSSR count). The highest BCUT2D eigenvalue weighted by Gasteiger charge is 2.12. The van der Waals surface area contributed by atoms with Gasteiger partial charge in [0.1, 0.15) is 0 Å². The van der Waals surface area contributed by atoms with E-state index in [1.54, 1.807) is 19.1 Å². The van der Waals surface area contributed by atoms with Gasteiger partial charge < -0.3 is 9.84 Å². The molecule has 1 aromatic carbocycles. The van der Waals surface area contributed by atoms with Gasteiger partial charge in [0.25, 0.3) is 5.91 Å². The molecule has 0 bridgehead atoms. The summed E-state index contributed by atoms with van der Waals surface area (Å²) in [7, 11) is -2.10. The van der Waals surface area contributed by atoms with E-state index in [0.29, 0.717) is 5.69 Å². The monoisotopic (exact) mass is 309 g/mol. The van der Waals surface area contributed by atoms with Crippen molar-refractivity contribution in [3.8, 4) is 0 Å². The third-order valence-electron chi connectivity index (χ3n) is 2.81. The van der Waals surface area contributed by atoms with Gasteiger partial charge in [0, 0.05) is 12.6 Å². The number of nitrogens with one attached hydrogen (secondary N) is 2. The van der Waals surface area contributed by atoms with E-state index in [4.69, 9.17) is 4.52 Å². The number of benzene rings is 1. The van der Waals surface area contributed by atoms with Crippen LogP contribution in [0.3, 0.4) is 0 Å². The molecule has 7 nitrogen and oxygen atoms in total. The largest absolute Gasteiger partial charge is 0.351 e. The van der Waals surface area contributed by atoms with E-state index in [2.05, 4.69) is 15.2 Å². The van der Waals surface area contributed by atoms with E-state index >= 15 is 0 Å². The van der Waals surface area contributed by atoms with E-state index in [9.17, 15) is 13.2 Å². The summed E-state index contributed by atoms with van der Waals surface area (Å²) in [5.74, 6) is -0.232. The fraction of sp³-hybridized carbons (Fsp3) is 0.231. The van der Waals surface area contributed by atoms with Crippen molar-refractivity contribution in [3.63, 3.8) is 0 Å². The maximum absolute atomic E-state index is 11.8. The van der Waals surface area contributed by atoms with Gasteiger partial charge in [-0.25, -0.2) is 13.1 Å². The molecule has 2 aromatic rings. The highest BCUT2D eigenvalue weighted by molar-refractivity contribution is 7.89. The number of hydrogen-bond acceptors (Lipinski definition) is 5. The second-order valence-electron chi connectivity index (χ2n) is 4.37. The number of rotatable bonds is 5. The van der Waals surface area contributed by atoms with Crippen LogP contribution in [0.4, 0.5) is 0 Å². The fourth-order valence-corrected chi connectivity index (χ4v) is 2.37. The van der Waals surface area contributed by atoms with Crippen molar-refractivity contribution >= 4 is 15.9 Å². The lowest BCUT2D eigenvalue weighted by molar-refractivity contribution is 0.0914. The van der Waals surface area contributed by atoms with Crippen LogP contribution in [0.5, 0.6) is 0 Å². The van der Waals surface area contributed by atoms with Gasteiger partial charge >= 0.3 is 0 Å². The molecule has 0 aliphatic heterocycles. The summed E-state index contributed by atoms with van der Waals surface area (Å²) < 4.78 is 30.2. The molecule has 1 amide bonds. The first-order chi connectivity index (χ1) is 9.92. The Morgan fingerprint density at radius 3 is 2.48 bits per heavy atom. The number of carbonyl (C=O) groups excluding carboxylic acids is 1. The number of carbonyl (C=O) groups is 1. The van der Waals surface area contributed by atoms with Gasteiger partial charge in [-0.05, 0) is 31.7 Å². The second-order valence-corrected chi connectivity index (χ2v) is 6.25. The number of aromatic nitrogens is 1. The first kappa shape index (κ1) is 15.2. The third kappa shape index (κ3) is 3.67. The van der Waals surface area contributed by atoms with Gasteiger partial charge in [0.05, 0.1) is 10.6 Å². The highest BCUT2D eigenvalue weighted by atomic mass is 32.2. The van der Waals surface area contributed by atoms with E-state index < -0.39 is 10.0 Å². The summed E-state index contributed by atoms with van der Waals surface area (Å²) >= 11 is 0. The van der Waals surface area contributed by atoms with Crippen molar-refractivity contribution in [2.24, 2.45) is 0 Å². The minimum absolute atomic E-state index is 0.141. The SMILES string of the molecule is CNS(=O)(=O)c1ccc(CNC(=O)c2cc(C)no2)cc1. The minimum atomic E-state index is -3.45. The summed E-state index contributed by atoms with van der Waals surface area (Å²) in [4.78, 5) is 11.9. The molecule has 0 fully saturated rings. The van der Waals surface area contributed by atoms with Gasteiger partial charge in [-0.1, -0.05) is 17.3 Å². The molecule has 8 heteroatoms. The first-order valence-electron chi connectivity index (χ1n) is 6.16. The molecule has 0 unspecified atom stereocenters. The lowest BCUT2D eigenvalue weighted by Gasteiger charge is -2.05. The number of amides is 1. The standard InChI is InChI=1S/C13H15N3O4S/c1-9-7-12(20-16-9)13(17)15-8-10-3-5-11(6-4-10)21(18,19)14-2/h3-7,14H,8H2,1-2H3,(H,15,17). The molecule has 112 valence electrons. The molecule has 0 spiro atoms. The van der Waals surface area contributed by atoms with Gasteiger partial charge in [-0.2, -0.15) is 0 Å². The molecule has 1 heterocycles. The molecule has 0 saturated carbocycles. The summed E-state index contributed by atoms with van der Waals surface area (Å²) in [6.07, 6.45) is 0. The zero-order valence-corrected chi connectivity index (χ0v) is 12.4. The lowest BCUT2D eigenvalue weighted by atomic mass is 10.2. The van der Waals surface area contributed by atoms with E-state index in [1.807, 2.05) is 0 Å². The van der Waals surface area contributed by atoms with E-state index in [0.717, 1.165) is 5.56 Å². The Bertz CT molecular complexity index is 735. The maximum atomic E-state index is 11.8. The minimum Gasteiger partial charge on any atom is -0.351 e. The third-order valence-corrected chi connectivity index (χ3v) is 4.24. The number of sulfonamides is 1. The maximum Gasteiger partial charge on any atom is 0.290 e. The lowest BCUT2D eigenvalue weighted by Crippen LogP contribution is -2.22. The average Bonchev–Trinajstić information content (AvgIpc) is 2.92. The highest BCUT2D eigenvalue weighted by Crippen LogP contribution is 2.10. The second kappa shape index (κ2) is 6.06. The van der Waals surface area contributed by atoms with Crippen molar-refractivity contribution in [1.82, 2.24) is 15.2 Å². The molecular formula is C13H15N3O4S. The zero-order valence-electron chi connectivity index (χ0n) is 11.6. The topological polar surface area (TPSA) is 101 Å².